The van der Waals surface area contributed by atoms with Gasteiger partial charge in [-0.05, 0) is 75.1 Å². The van der Waals surface area contributed by atoms with Crippen molar-refractivity contribution in [3.63, 3.8) is 0 Å². The molecular formula is C21H29N7O2. The van der Waals surface area contributed by atoms with Crippen LogP contribution in [0.2, 0.25) is 0 Å². The number of hydrogen-bond acceptors (Lipinski definition) is 6. The molecule has 4 rings (SSSR count). The Bertz CT molecular complexity index is 912. The van der Waals surface area contributed by atoms with Gasteiger partial charge in [0.05, 0.1) is 6.54 Å². The van der Waals surface area contributed by atoms with Crippen molar-refractivity contribution in [3.8, 4) is 11.4 Å². The zero-order chi connectivity index (χ0) is 21.1. The molecule has 9 heteroatoms. The van der Waals surface area contributed by atoms with Crippen LogP contribution in [0, 0.1) is 18.8 Å². The first-order chi connectivity index (χ1) is 14.5. The molecule has 0 spiro atoms. The number of primary amides is 1. The summed E-state index contributed by atoms with van der Waals surface area (Å²) >= 11 is 0. The van der Waals surface area contributed by atoms with E-state index >= 15 is 0 Å². The van der Waals surface area contributed by atoms with Gasteiger partial charge in [-0.25, -0.2) is 4.98 Å². The van der Waals surface area contributed by atoms with Crippen molar-refractivity contribution in [2.75, 3.05) is 13.1 Å². The Labute approximate surface area is 176 Å². The number of carbonyl (C=O) groups is 2. The number of amides is 2. The number of nitrogens with zero attached hydrogens (tertiary/aromatic N) is 6. The fourth-order valence-corrected chi connectivity index (χ4v) is 4.56. The number of aryl methyl sites for hydroxylation is 1. The number of nitrogens with two attached hydrogens (primary N) is 1. The molecule has 2 aliphatic rings. The van der Waals surface area contributed by atoms with Gasteiger partial charge in [-0.3, -0.25) is 9.59 Å². The molecule has 1 aliphatic heterocycles. The van der Waals surface area contributed by atoms with Crippen LogP contribution in [-0.2, 0) is 11.3 Å². The van der Waals surface area contributed by atoms with E-state index in [1.54, 1.807) is 17.8 Å². The van der Waals surface area contributed by atoms with Crippen molar-refractivity contribution in [2.24, 2.45) is 17.6 Å². The third kappa shape index (κ3) is 4.66. The Balaban J connectivity index is 1.34. The van der Waals surface area contributed by atoms with Gasteiger partial charge in [0.1, 0.15) is 5.69 Å². The van der Waals surface area contributed by atoms with Crippen LogP contribution in [0.3, 0.4) is 0 Å². The van der Waals surface area contributed by atoms with Gasteiger partial charge in [-0.1, -0.05) is 0 Å². The zero-order valence-corrected chi connectivity index (χ0v) is 17.5. The Kier molecular flexibility index (Phi) is 6.06. The average Bonchev–Trinajstić information content (AvgIpc) is 3.22. The first-order valence-corrected chi connectivity index (χ1v) is 10.8. The Morgan fingerprint density at radius 1 is 1.10 bits per heavy atom. The number of rotatable bonds is 5. The maximum absolute atomic E-state index is 12.7. The van der Waals surface area contributed by atoms with Crippen LogP contribution in [0.4, 0.5) is 0 Å². The molecule has 2 aromatic heterocycles. The van der Waals surface area contributed by atoms with Gasteiger partial charge in [0.15, 0.2) is 0 Å². The number of pyridine rings is 1. The number of piperidine rings is 1. The average molecular weight is 412 g/mol. The van der Waals surface area contributed by atoms with E-state index in [1.807, 2.05) is 6.07 Å². The summed E-state index contributed by atoms with van der Waals surface area (Å²) < 4.78 is 0. The van der Waals surface area contributed by atoms with Crippen LogP contribution >= 0.6 is 0 Å². The summed E-state index contributed by atoms with van der Waals surface area (Å²) in [6.45, 7) is 4.33. The van der Waals surface area contributed by atoms with Crippen molar-refractivity contribution < 1.29 is 9.59 Å². The van der Waals surface area contributed by atoms with Crippen LogP contribution in [0.5, 0.6) is 0 Å². The second-order valence-electron chi connectivity index (χ2n) is 8.52. The van der Waals surface area contributed by atoms with Crippen LogP contribution in [-0.4, -0.2) is 55.0 Å². The third-order valence-electron chi connectivity index (χ3n) is 6.20. The molecule has 9 nitrogen and oxygen atoms in total. The summed E-state index contributed by atoms with van der Waals surface area (Å²) in [5.74, 6) is 0.844. The fourth-order valence-electron chi connectivity index (χ4n) is 4.56. The minimum Gasteiger partial charge on any atom is -0.364 e. The van der Waals surface area contributed by atoms with Gasteiger partial charge in [0.25, 0.3) is 5.91 Å². The molecule has 3 heterocycles. The predicted molar refractivity (Wildman–Crippen MR) is 110 cm³/mol. The topological polar surface area (TPSA) is 120 Å². The molecule has 2 amide bonds. The number of carbonyl (C=O) groups excluding carboxylic acids is 2. The van der Waals surface area contributed by atoms with Crippen molar-refractivity contribution in [1.29, 1.82) is 0 Å². The Hall–Kier alpha value is -2.84. The summed E-state index contributed by atoms with van der Waals surface area (Å²) in [6.07, 6.45) is 7.40. The van der Waals surface area contributed by atoms with Crippen molar-refractivity contribution in [2.45, 2.75) is 58.4 Å². The largest absolute Gasteiger partial charge is 0.364 e. The zero-order valence-electron chi connectivity index (χ0n) is 17.5. The first kappa shape index (κ1) is 20.4. The standard InChI is InChI=1S/C21H29N7O2/c1-14-11-17(12-18(23-14)19(22)29)20-24-26-28(25-20)13-15-5-7-16(8-6-15)21(30)27-9-3-2-4-10-27/h11-12,15-16H,2-10,13H2,1H3,(H2,22,29). The quantitative estimate of drug-likeness (QED) is 0.803. The van der Waals surface area contributed by atoms with Gasteiger partial charge >= 0.3 is 0 Å². The van der Waals surface area contributed by atoms with E-state index in [4.69, 9.17) is 5.73 Å². The second kappa shape index (κ2) is 8.89. The van der Waals surface area contributed by atoms with E-state index in [-0.39, 0.29) is 11.6 Å². The number of hydrogen-bond donors (Lipinski definition) is 1. The smallest absolute Gasteiger partial charge is 0.267 e. The molecule has 0 bridgehead atoms. The fraction of sp³-hybridized carbons (Fsp3) is 0.619. The van der Waals surface area contributed by atoms with Gasteiger partial charge in [-0.15, -0.1) is 10.2 Å². The SMILES string of the molecule is Cc1cc(-c2nnn(CC3CCC(C(=O)N4CCCCC4)CC3)n2)cc(C(N)=O)n1. The first-order valence-electron chi connectivity index (χ1n) is 10.8. The summed E-state index contributed by atoms with van der Waals surface area (Å²) in [7, 11) is 0. The maximum Gasteiger partial charge on any atom is 0.267 e. The predicted octanol–water partition coefficient (Wildman–Crippen LogP) is 1.96. The van der Waals surface area contributed by atoms with Crippen LogP contribution in [0.25, 0.3) is 11.4 Å². The Morgan fingerprint density at radius 2 is 1.83 bits per heavy atom. The Morgan fingerprint density at radius 3 is 2.53 bits per heavy atom. The van der Waals surface area contributed by atoms with E-state index in [2.05, 4.69) is 25.3 Å². The molecule has 30 heavy (non-hydrogen) atoms. The van der Waals surface area contributed by atoms with Gasteiger partial charge in [-0.2, -0.15) is 4.80 Å². The minimum absolute atomic E-state index is 0.172. The van der Waals surface area contributed by atoms with Crippen molar-refractivity contribution in [1.82, 2.24) is 30.1 Å². The molecule has 0 unspecified atom stereocenters. The van der Waals surface area contributed by atoms with E-state index < -0.39 is 5.91 Å². The summed E-state index contributed by atoms with van der Waals surface area (Å²) in [6, 6.07) is 3.40. The number of aromatic nitrogens is 5. The summed E-state index contributed by atoms with van der Waals surface area (Å²) in [4.78, 5) is 32.0. The van der Waals surface area contributed by atoms with E-state index in [0.717, 1.165) is 51.6 Å². The molecule has 0 radical (unpaired) electrons. The number of likely N-dealkylation sites (tertiary alicyclic amines) is 1. The van der Waals surface area contributed by atoms with E-state index in [1.165, 1.54) is 6.42 Å². The van der Waals surface area contributed by atoms with Crippen LogP contribution in [0.15, 0.2) is 12.1 Å². The molecule has 160 valence electrons. The highest BCUT2D eigenvalue weighted by molar-refractivity contribution is 5.91. The third-order valence-corrected chi connectivity index (χ3v) is 6.20. The molecular weight excluding hydrogens is 382 g/mol. The normalized spacial score (nSPS) is 22.1. The highest BCUT2D eigenvalue weighted by Crippen LogP contribution is 2.31. The van der Waals surface area contributed by atoms with Gasteiger partial charge < -0.3 is 10.6 Å². The van der Waals surface area contributed by atoms with E-state index in [9.17, 15) is 9.59 Å². The molecule has 0 aromatic carbocycles. The number of tetrazole rings is 1. The summed E-state index contributed by atoms with van der Waals surface area (Å²) in [5, 5.41) is 12.8. The summed E-state index contributed by atoms with van der Waals surface area (Å²) in [5.41, 5.74) is 6.90. The monoisotopic (exact) mass is 411 g/mol. The minimum atomic E-state index is -0.580. The highest BCUT2D eigenvalue weighted by Gasteiger charge is 2.30. The lowest BCUT2D eigenvalue weighted by Crippen LogP contribution is -2.41. The second-order valence-corrected chi connectivity index (χ2v) is 8.52. The maximum atomic E-state index is 12.7. The lowest BCUT2D eigenvalue weighted by atomic mass is 9.81. The van der Waals surface area contributed by atoms with Crippen LogP contribution in [0.1, 0.15) is 61.1 Å². The van der Waals surface area contributed by atoms with Crippen molar-refractivity contribution in [3.05, 3.63) is 23.5 Å². The molecule has 0 atom stereocenters. The van der Waals surface area contributed by atoms with Gasteiger partial charge in [0, 0.05) is 30.3 Å². The molecule has 2 fully saturated rings. The molecule has 2 aromatic rings. The molecule has 1 saturated heterocycles. The lowest BCUT2D eigenvalue weighted by Gasteiger charge is -2.33. The lowest BCUT2D eigenvalue weighted by molar-refractivity contribution is -0.137. The van der Waals surface area contributed by atoms with E-state index in [0.29, 0.717) is 35.5 Å². The van der Waals surface area contributed by atoms with Crippen LogP contribution < -0.4 is 5.73 Å². The molecule has 1 aliphatic carbocycles. The molecule has 1 saturated carbocycles. The van der Waals surface area contributed by atoms with Gasteiger partial charge in [0.2, 0.25) is 11.7 Å². The van der Waals surface area contributed by atoms with Crippen molar-refractivity contribution >= 4 is 11.8 Å². The molecule has 2 N–H and O–H groups in total. The highest BCUT2D eigenvalue weighted by atomic mass is 16.2.